The summed E-state index contributed by atoms with van der Waals surface area (Å²) >= 11 is 3.64. The van der Waals surface area contributed by atoms with E-state index in [-0.39, 0.29) is 34.6 Å². The number of benzene rings is 1. The van der Waals surface area contributed by atoms with Gasteiger partial charge in [0, 0.05) is 14.7 Å². The van der Waals surface area contributed by atoms with Crippen molar-refractivity contribution in [3.05, 3.63) is 27.8 Å². The van der Waals surface area contributed by atoms with Gasteiger partial charge < -0.3 is 4.90 Å². The highest BCUT2D eigenvalue weighted by atomic mass is 127. The van der Waals surface area contributed by atoms with Crippen LogP contribution in [0, 0.1) is 9.49 Å². The second-order valence-electron chi connectivity index (χ2n) is 6.01. The lowest BCUT2D eigenvalue weighted by molar-refractivity contribution is -0.120. The van der Waals surface area contributed by atoms with E-state index in [0.717, 1.165) is 9.26 Å². The van der Waals surface area contributed by atoms with Crippen LogP contribution in [0.25, 0.3) is 0 Å². The summed E-state index contributed by atoms with van der Waals surface area (Å²) in [4.78, 5) is 18.3. The number of hydrogen-bond acceptors (Lipinski definition) is 4. The molecule has 3 rings (SSSR count). The molecule has 2 aliphatic heterocycles. The first kappa shape index (κ1) is 17.2. The molecule has 0 N–H and O–H groups in total. The van der Waals surface area contributed by atoms with E-state index < -0.39 is 9.84 Å². The minimum absolute atomic E-state index is 0.0604. The zero-order chi connectivity index (χ0) is 16.8. The van der Waals surface area contributed by atoms with Crippen molar-refractivity contribution >= 4 is 61.0 Å². The van der Waals surface area contributed by atoms with Crippen LogP contribution in [-0.4, -0.2) is 42.3 Å². The standard InChI is InChI=1S/C15H17IN2O3S2/c1-9(2)14(19)17-15-18(11-6-4-3-5-10(11)16)12-7-23(20,21)8-13(12)22-15/h3-6,9,12-13H,7-8H2,1-2H3/t12-,13+/m0/s1. The Bertz CT molecular complexity index is 777. The molecule has 0 bridgehead atoms. The fourth-order valence-corrected chi connectivity index (χ4v) is 7.28. The minimum Gasteiger partial charge on any atom is -0.315 e. The van der Waals surface area contributed by atoms with Crippen LogP contribution in [0.4, 0.5) is 5.69 Å². The first-order chi connectivity index (χ1) is 10.8. The molecule has 8 heteroatoms. The normalized spacial score (nSPS) is 27.7. The lowest BCUT2D eigenvalue weighted by Crippen LogP contribution is -2.38. The molecule has 0 radical (unpaired) electrons. The van der Waals surface area contributed by atoms with Gasteiger partial charge in [-0.3, -0.25) is 4.79 Å². The number of aliphatic imine (C=N–C) groups is 1. The number of thioether (sulfide) groups is 1. The Balaban J connectivity index is 2.05. The average Bonchev–Trinajstić information content (AvgIpc) is 2.91. The summed E-state index contributed by atoms with van der Waals surface area (Å²) in [7, 11) is -3.03. The molecule has 2 saturated heterocycles. The van der Waals surface area contributed by atoms with Crippen LogP contribution in [0.1, 0.15) is 13.8 Å². The zero-order valence-corrected chi connectivity index (χ0v) is 16.6. The van der Waals surface area contributed by atoms with E-state index in [1.165, 1.54) is 11.8 Å². The predicted molar refractivity (Wildman–Crippen MR) is 103 cm³/mol. The maximum atomic E-state index is 12.1. The van der Waals surface area contributed by atoms with Crippen LogP contribution in [0.5, 0.6) is 0 Å². The molecule has 0 spiro atoms. The van der Waals surface area contributed by atoms with E-state index in [9.17, 15) is 13.2 Å². The molecular weight excluding hydrogens is 447 g/mol. The summed E-state index contributed by atoms with van der Waals surface area (Å²) in [6.45, 7) is 3.63. The monoisotopic (exact) mass is 464 g/mol. The van der Waals surface area contributed by atoms with Crippen molar-refractivity contribution in [2.75, 3.05) is 16.4 Å². The predicted octanol–water partition coefficient (Wildman–Crippen LogP) is 2.55. The number of fused-ring (bicyclic) bond motifs is 1. The Labute approximate surface area is 154 Å². The molecular formula is C15H17IN2O3S2. The molecule has 0 aromatic heterocycles. The third kappa shape index (κ3) is 3.43. The topological polar surface area (TPSA) is 66.8 Å². The molecule has 2 fully saturated rings. The summed E-state index contributed by atoms with van der Waals surface area (Å²) in [5.41, 5.74) is 0.917. The van der Waals surface area contributed by atoms with Gasteiger partial charge in [-0.2, -0.15) is 4.99 Å². The van der Waals surface area contributed by atoms with E-state index in [1.807, 2.05) is 43.0 Å². The SMILES string of the molecule is CC(C)C(=O)N=C1S[C@@H]2CS(=O)(=O)C[C@@H]2N1c1ccccc1I. The number of para-hydroxylation sites is 1. The number of nitrogens with zero attached hydrogens (tertiary/aromatic N) is 2. The van der Waals surface area contributed by atoms with Gasteiger partial charge in [0.05, 0.1) is 23.2 Å². The smallest absolute Gasteiger partial charge is 0.250 e. The molecule has 2 aliphatic rings. The van der Waals surface area contributed by atoms with Crippen LogP contribution >= 0.6 is 34.4 Å². The lowest BCUT2D eigenvalue weighted by Gasteiger charge is -2.25. The Morgan fingerprint density at radius 2 is 2.04 bits per heavy atom. The van der Waals surface area contributed by atoms with Crippen LogP contribution in [-0.2, 0) is 14.6 Å². The number of hydrogen-bond donors (Lipinski definition) is 0. The van der Waals surface area contributed by atoms with Crippen molar-refractivity contribution in [3.63, 3.8) is 0 Å². The Kier molecular flexibility index (Phi) is 4.76. The van der Waals surface area contributed by atoms with Gasteiger partial charge >= 0.3 is 0 Å². The second kappa shape index (κ2) is 6.36. The molecule has 2 atom stereocenters. The van der Waals surface area contributed by atoms with Crippen molar-refractivity contribution in [1.29, 1.82) is 0 Å². The highest BCUT2D eigenvalue weighted by Gasteiger charge is 2.49. The Morgan fingerprint density at radius 3 is 2.70 bits per heavy atom. The summed E-state index contributed by atoms with van der Waals surface area (Å²) in [5.74, 6) is -0.0861. The number of halogens is 1. The molecule has 1 amide bonds. The van der Waals surface area contributed by atoms with E-state index in [1.54, 1.807) is 0 Å². The van der Waals surface area contributed by atoms with Crippen LogP contribution in [0.2, 0.25) is 0 Å². The van der Waals surface area contributed by atoms with Crippen LogP contribution in [0.15, 0.2) is 29.3 Å². The quantitative estimate of drug-likeness (QED) is 0.630. The Hall–Kier alpha value is -0.610. The third-order valence-electron chi connectivity index (χ3n) is 3.88. The van der Waals surface area contributed by atoms with Crippen molar-refractivity contribution in [1.82, 2.24) is 0 Å². The summed E-state index contributed by atoms with van der Waals surface area (Å²) in [6.07, 6.45) is 0. The molecule has 2 heterocycles. The van der Waals surface area contributed by atoms with Gasteiger partial charge in [-0.05, 0) is 34.7 Å². The molecule has 0 saturated carbocycles. The van der Waals surface area contributed by atoms with E-state index >= 15 is 0 Å². The maximum Gasteiger partial charge on any atom is 0.250 e. The molecule has 0 aliphatic carbocycles. The van der Waals surface area contributed by atoms with Crippen molar-refractivity contribution in [2.45, 2.75) is 25.1 Å². The first-order valence-corrected chi connectivity index (χ1v) is 11.1. The number of rotatable bonds is 2. The third-order valence-corrected chi connectivity index (χ3v) is 8.00. The van der Waals surface area contributed by atoms with Crippen LogP contribution < -0.4 is 4.90 Å². The number of sulfone groups is 1. The highest BCUT2D eigenvalue weighted by Crippen LogP contribution is 2.42. The summed E-state index contributed by atoms with van der Waals surface area (Å²) in [5, 5.41) is 0.562. The van der Waals surface area contributed by atoms with E-state index in [4.69, 9.17) is 0 Å². The largest absolute Gasteiger partial charge is 0.315 e. The van der Waals surface area contributed by atoms with Gasteiger partial charge in [-0.15, -0.1) is 0 Å². The summed E-state index contributed by atoms with van der Waals surface area (Å²) < 4.78 is 25.0. The first-order valence-electron chi connectivity index (χ1n) is 7.32. The number of carbonyl (C=O) groups is 1. The number of anilines is 1. The summed E-state index contributed by atoms with van der Waals surface area (Å²) in [6, 6.07) is 7.62. The van der Waals surface area contributed by atoms with Gasteiger partial charge in [0.1, 0.15) is 0 Å². The van der Waals surface area contributed by atoms with Gasteiger partial charge in [0.2, 0.25) is 0 Å². The Morgan fingerprint density at radius 1 is 1.35 bits per heavy atom. The minimum atomic E-state index is -3.03. The zero-order valence-electron chi connectivity index (χ0n) is 12.8. The van der Waals surface area contributed by atoms with Crippen molar-refractivity contribution in [3.8, 4) is 0 Å². The van der Waals surface area contributed by atoms with Gasteiger partial charge in [0.15, 0.2) is 15.0 Å². The van der Waals surface area contributed by atoms with E-state index in [2.05, 4.69) is 27.6 Å². The molecule has 23 heavy (non-hydrogen) atoms. The number of amides is 1. The highest BCUT2D eigenvalue weighted by molar-refractivity contribution is 14.1. The molecule has 124 valence electrons. The molecule has 0 unspecified atom stereocenters. The van der Waals surface area contributed by atoms with Gasteiger partial charge in [0.25, 0.3) is 5.91 Å². The number of amidine groups is 1. The molecule has 1 aromatic carbocycles. The lowest BCUT2D eigenvalue weighted by atomic mass is 10.2. The van der Waals surface area contributed by atoms with Crippen LogP contribution in [0.3, 0.4) is 0 Å². The fraction of sp³-hybridized carbons (Fsp3) is 0.467. The van der Waals surface area contributed by atoms with E-state index in [0.29, 0.717) is 5.17 Å². The van der Waals surface area contributed by atoms with Gasteiger partial charge in [-0.25, -0.2) is 8.42 Å². The number of carbonyl (C=O) groups excluding carboxylic acids is 1. The van der Waals surface area contributed by atoms with Gasteiger partial charge in [-0.1, -0.05) is 37.7 Å². The average molecular weight is 464 g/mol. The maximum absolute atomic E-state index is 12.1. The van der Waals surface area contributed by atoms with Crippen molar-refractivity contribution in [2.24, 2.45) is 10.9 Å². The molecule has 5 nitrogen and oxygen atoms in total. The second-order valence-corrected chi connectivity index (χ2v) is 10.5. The molecule has 1 aromatic rings. The van der Waals surface area contributed by atoms with Crippen molar-refractivity contribution < 1.29 is 13.2 Å². The fourth-order valence-electron chi connectivity index (χ4n) is 2.72.